The van der Waals surface area contributed by atoms with E-state index < -0.39 is 0 Å². The highest BCUT2D eigenvalue weighted by atomic mass is 16.1. The van der Waals surface area contributed by atoms with E-state index in [2.05, 4.69) is 13.0 Å². The molecule has 0 unspecified atom stereocenters. The van der Waals surface area contributed by atoms with E-state index in [1.54, 1.807) is 0 Å². The summed E-state index contributed by atoms with van der Waals surface area (Å²) in [6.07, 6.45) is 8.45. The zero-order valence-corrected chi connectivity index (χ0v) is 6.63. The third-order valence-corrected chi connectivity index (χ3v) is 1.17. The second-order valence-electron chi connectivity index (χ2n) is 2.06. The Hall–Kier alpha value is -0.850. The van der Waals surface area contributed by atoms with Gasteiger partial charge in [-0.05, 0) is 18.9 Å². The molecule has 0 aliphatic heterocycles. The fourth-order valence-electron chi connectivity index (χ4n) is 0.792. The van der Waals surface area contributed by atoms with Crippen LogP contribution in [-0.4, -0.2) is 6.29 Å². The monoisotopic (exact) mass is 138 g/mol. The Morgan fingerprint density at radius 2 is 2.20 bits per heavy atom. The molecule has 1 nitrogen and oxygen atoms in total. The Kier molecular flexibility index (Phi) is 5.74. The van der Waals surface area contributed by atoms with Crippen molar-refractivity contribution in [3.63, 3.8) is 0 Å². The lowest BCUT2D eigenvalue weighted by molar-refractivity contribution is -0.107. The first-order valence-electron chi connectivity index (χ1n) is 3.60. The van der Waals surface area contributed by atoms with Gasteiger partial charge < -0.3 is 4.79 Å². The van der Waals surface area contributed by atoms with Gasteiger partial charge in [0.1, 0.15) is 6.29 Å². The van der Waals surface area contributed by atoms with Gasteiger partial charge in [-0.2, -0.15) is 0 Å². The molecule has 0 aromatic heterocycles. The zero-order chi connectivity index (χ0) is 7.82. The van der Waals surface area contributed by atoms with Crippen molar-refractivity contribution in [3.8, 4) is 0 Å². The minimum atomic E-state index is 0.540. The van der Waals surface area contributed by atoms with Crippen molar-refractivity contribution in [2.24, 2.45) is 0 Å². The van der Waals surface area contributed by atoms with E-state index in [9.17, 15) is 4.79 Å². The molecule has 0 spiro atoms. The van der Waals surface area contributed by atoms with Gasteiger partial charge in [0.15, 0.2) is 0 Å². The summed E-state index contributed by atoms with van der Waals surface area (Å²) in [7, 11) is 0. The molecule has 0 aliphatic rings. The summed E-state index contributed by atoms with van der Waals surface area (Å²) in [6, 6.07) is 0. The Morgan fingerprint density at radius 3 is 2.60 bits per heavy atom. The largest absolute Gasteiger partial charge is 0.303 e. The predicted octanol–water partition coefficient (Wildman–Crippen LogP) is 2.49. The SMILES string of the molecule is C/C=C/C(=C\CC)CC=O. The molecule has 0 N–H and O–H groups in total. The van der Waals surface area contributed by atoms with Crippen molar-refractivity contribution in [2.45, 2.75) is 26.7 Å². The first kappa shape index (κ1) is 9.15. The lowest BCUT2D eigenvalue weighted by Crippen LogP contribution is -1.79. The lowest BCUT2D eigenvalue weighted by atomic mass is 10.1. The van der Waals surface area contributed by atoms with Crippen molar-refractivity contribution < 1.29 is 4.79 Å². The van der Waals surface area contributed by atoms with Gasteiger partial charge in [-0.1, -0.05) is 25.2 Å². The van der Waals surface area contributed by atoms with Crippen molar-refractivity contribution in [3.05, 3.63) is 23.8 Å². The van der Waals surface area contributed by atoms with E-state index in [0.717, 1.165) is 18.3 Å². The molecule has 0 bridgehead atoms. The smallest absolute Gasteiger partial charge is 0.124 e. The third-order valence-electron chi connectivity index (χ3n) is 1.17. The van der Waals surface area contributed by atoms with Crippen molar-refractivity contribution >= 4 is 6.29 Å². The molecule has 0 amide bonds. The van der Waals surface area contributed by atoms with Crippen LogP contribution < -0.4 is 0 Å². The van der Waals surface area contributed by atoms with Gasteiger partial charge in [0.2, 0.25) is 0 Å². The van der Waals surface area contributed by atoms with Gasteiger partial charge in [0, 0.05) is 6.42 Å². The maximum absolute atomic E-state index is 10.1. The van der Waals surface area contributed by atoms with Crippen LogP contribution in [0.3, 0.4) is 0 Å². The van der Waals surface area contributed by atoms with E-state index in [0.29, 0.717) is 6.42 Å². The van der Waals surface area contributed by atoms with E-state index >= 15 is 0 Å². The summed E-state index contributed by atoms with van der Waals surface area (Å²) in [4.78, 5) is 10.1. The normalized spacial score (nSPS) is 12.4. The molecule has 0 radical (unpaired) electrons. The average Bonchev–Trinajstić information content (AvgIpc) is 1.90. The minimum Gasteiger partial charge on any atom is -0.303 e. The summed E-state index contributed by atoms with van der Waals surface area (Å²) in [5.41, 5.74) is 1.11. The molecule has 0 saturated heterocycles. The van der Waals surface area contributed by atoms with Crippen LogP contribution in [0.15, 0.2) is 23.8 Å². The van der Waals surface area contributed by atoms with Crippen LogP contribution in [0.2, 0.25) is 0 Å². The molecule has 0 atom stereocenters. The second kappa shape index (κ2) is 6.27. The highest BCUT2D eigenvalue weighted by Crippen LogP contribution is 2.01. The average molecular weight is 138 g/mol. The Balaban J connectivity index is 3.96. The fraction of sp³-hybridized carbons (Fsp3) is 0.444. The summed E-state index contributed by atoms with van der Waals surface area (Å²) in [5.74, 6) is 0. The van der Waals surface area contributed by atoms with Gasteiger partial charge in [-0.25, -0.2) is 0 Å². The molecule has 10 heavy (non-hydrogen) atoms. The van der Waals surface area contributed by atoms with Crippen LogP contribution in [-0.2, 0) is 4.79 Å². The molecule has 0 heterocycles. The lowest BCUT2D eigenvalue weighted by Gasteiger charge is -1.92. The van der Waals surface area contributed by atoms with Crippen molar-refractivity contribution in [1.29, 1.82) is 0 Å². The van der Waals surface area contributed by atoms with E-state index in [1.807, 2.05) is 19.1 Å². The Morgan fingerprint density at radius 1 is 1.50 bits per heavy atom. The molecule has 0 saturated carbocycles. The number of hydrogen-bond acceptors (Lipinski definition) is 1. The number of allylic oxidation sites excluding steroid dienone is 4. The first-order chi connectivity index (χ1) is 4.85. The Bertz CT molecular complexity index is 143. The molecule has 56 valence electrons. The van der Waals surface area contributed by atoms with Crippen molar-refractivity contribution in [2.75, 3.05) is 0 Å². The van der Waals surface area contributed by atoms with Gasteiger partial charge in [0.05, 0.1) is 0 Å². The predicted molar refractivity (Wildman–Crippen MR) is 43.9 cm³/mol. The van der Waals surface area contributed by atoms with Gasteiger partial charge in [-0.3, -0.25) is 0 Å². The maximum Gasteiger partial charge on any atom is 0.124 e. The van der Waals surface area contributed by atoms with Gasteiger partial charge in [0.25, 0.3) is 0 Å². The second-order valence-corrected chi connectivity index (χ2v) is 2.06. The summed E-state index contributed by atoms with van der Waals surface area (Å²) in [5, 5.41) is 0. The molecular weight excluding hydrogens is 124 g/mol. The number of carbonyl (C=O) groups is 1. The fourth-order valence-corrected chi connectivity index (χ4v) is 0.792. The van der Waals surface area contributed by atoms with Crippen LogP contribution >= 0.6 is 0 Å². The van der Waals surface area contributed by atoms with E-state index in [1.165, 1.54) is 0 Å². The number of aldehydes is 1. The van der Waals surface area contributed by atoms with E-state index in [4.69, 9.17) is 0 Å². The first-order valence-corrected chi connectivity index (χ1v) is 3.60. The van der Waals surface area contributed by atoms with Gasteiger partial charge >= 0.3 is 0 Å². The maximum atomic E-state index is 10.1. The highest BCUT2D eigenvalue weighted by Gasteiger charge is 1.86. The van der Waals surface area contributed by atoms with Crippen LogP contribution in [0.25, 0.3) is 0 Å². The zero-order valence-electron chi connectivity index (χ0n) is 6.63. The number of hydrogen-bond donors (Lipinski definition) is 0. The third kappa shape index (κ3) is 4.07. The number of rotatable bonds is 4. The topological polar surface area (TPSA) is 17.1 Å². The summed E-state index contributed by atoms with van der Waals surface area (Å²) >= 11 is 0. The molecule has 1 heteroatoms. The van der Waals surface area contributed by atoms with Crippen LogP contribution in [0.4, 0.5) is 0 Å². The quantitative estimate of drug-likeness (QED) is 0.431. The minimum absolute atomic E-state index is 0.540. The standard InChI is InChI=1S/C9H14O/c1-3-5-9(6-4-2)7-8-10/h3,5-6,8H,4,7H2,1-2H3/b5-3+,9-6+. The number of carbonyl (C=O) groups excluding carboxylic acids is 1. The summed E-state index contributed by atoms with van der Waals surface area (Å²) in [6.45, 7) is 4.02. The van der Waals surface area contributed by atoms with Crippen LogP contribution in [0.5, 0.6) is 0 Å². The molecule has 0 aliphatic carbocycles. The molecule has 0 rings (SSSR count). The summed E-state index contributed by atoms with van der Waals surface area (Å²) < 4.78 is 0. The molecular formula is C9H14O. The molecule has 0 aromatic rings. The Labute approximate surface area is 62.4 Å². The highest BCUT2D eigenvalue weighted by molar-refractivity contribution is 5.56. The van der Waals surface area contributed by atoms with Gasteiger partial charge in [-0.15, -0.1) is 0 Å². The molecule has 0 fully saturated rings. The van der Waals surface area contributed by atoms with Crippen molar-refractivity contribution in [1.82, 2.24) is 0 Å². The van der Waals surface area contributed by atoms with Crippen LogP contribution in [0, 0.1) is 0 Å². The van der Waals surface area contributed by atoms with Crippen LogP contribution in [0.1, 0.15) is 26.7 Å². The van der Waals surface area contributed by atoms with E-state index in [-0.39, 0.29) is 0 Å². The molecule has 0 aromatic carbocycles.